The molecule has 0 aliphatic heterocycles. The van der Waals surface area contributed by atoms with E-state index < -0.39 is 10.0 Å². The van der Waals surface area contributed by atoms with Gasteiger partial charge in [0.05, 0.1) is 12.3 Å². The second-order valence-corrected chi connectivity index (χ2v) is 8.99. The SMILES string of the molecule is CN=C(NCc1ccc(CS(=O)(=O)NC(C)C)cc1)NCc1cccs1.I. The van der Waals surface area contributed by atoms with Crippen molar-refractivity contribution in [3.63, 3.8) is 0 Å². The van der Waals surface area contributed by atoms with Crippen LogP contribution < -0.4 is 15.4 Å². The first-order valence-corrected chi connectivity index (χ1v) is 11.0. The fourth-order valence-electron chi connectivity index (χ4n) is 2.36. The molecule has 0 radical (unpaired) electrons. The van der Waals surface area contributed by atoms with Gasteiger partial charge in [-0.25, -0.2) is 13.1 Å². The van der Waals surface area contributed by atoms with E-state index in [4.69, 9.17) is 0 Å². The lowest BCUT2D eigenvalue weighted by Gasteiger charge is -2.12. The number of hydrogen-bond acceptors (Lipinski definition) is 4. The highest BCUT2D eigenvalue weighted by Gasteiger charge is 2.12. The molecule has 150 valence electrons. The number of hydrogen-bond donors (Lipinski definition) is 3. The number of aliphatic imine (C=N–C) groups is 1. The third-order valence-electron chi connectivity index (χ3n) is 3.49. The maximum atomic E-state index is 12.0. The van der Waals surface area contributed by atoms with E-state index >= 15 is 0 Å². The molecular formula is C18H27IN4O2S2. The van der Waals surface area contributed by atoms with E-state index in [-0.39, 0.29) is 35.8 Å². The van der Waals surface area contributed by atoms with Crippen molar-refractivity contribution >= 4 is 51.3 Å². The molecule has 0 bridgehead atoms. The molecule has 0 atom stereocenters. The van der Waals surface area contributed by atoms with Gasteiger partial charge in [-0.1, -0.05) is 30.3 Å². The van der Waals surface area contributed by atoms with Crippen molar-refractivity contribution in [2.75, 3.05) is 7.05 Å². The monoisotopic (exact) mass is 522 g/mol. The Kier molecular flexibility index (Phi) is 10.3. The maximum Gasteiger partial charge on any atom is 0.216 e. The van der Waals surface area contributed by atoms with Crippen LogP contribution in [-0.2, 0) is 28.9 Å². The van der Waals surface area contributed by atoms with Gasteiger partial charge in [-0.3, -0.25) is 4.99 Å². The lowest BCUT2D eigenvalue weighted by Crippen LogP contribution is -2.36. The first-order chi connectivity index (χ1) is 12.4. The third kappa shape index (κ3) is 9.04. The maximum absolute atomic E-state index is 12.0. The molecule has 0 amide bonds. The predicted molar refractivity (Wildman–Crippen MR) is 124 cm³/mol. The first-order valence-electron chi connectivity index (χ1n) is 8.42. The predicted octanol–water partition coefficient (Wildman–Crippen LogP) is 3.06. The molecule has 0 aliphatic rings. The molecule has 0 fully saturated rings. The Bertz CT molecular complexity index is 804. The van der Waals surface area contributed by atoms with Gasteiger partial charge in [-0.15, -0.1) is 35.3 Å². The van der Waals surface area contributed by atoms with Gasteiger partial charge in [0, 0.05) is 24.5 Å². The van der Waals surface area contributed by atoms with Crippen LogP contribution in [0.4, 0.5) is 0 Å². The van der Waals surface area contributed by atoms with Crippen molar-refractivity contribution < 1.29 is 8.42 Å². The van der Waals surface area contributed by atoms with E-state index in [9.17, 15) is 8.42 Å². The minimum absolute atomic E-state index is 0. The number of benzene rings is 1. The van der Waals surface area contributed by atoms with Gasteiger partial charge >= 0.3 is 0 Å². The average molecular weight is 522 g/mol. The summed E-state index contributed by atoms with van der Waals surface area (Å²) < 4.78 is 26.5. The Balaban J connectivity index is 0.00000364. The zero-order valence-electron chi connectivity index (χ0n) is 15.7. The summed E-state index contributed by atoms with van der Waals surface area (Å²) in [7, 11) is -1.56. The van der Waals surface area contributed by atoms with Gasteiger partial charge in [0.25, 0.3) is 0 Å². The summed E-state index contributed by atoms with van der Waals surface area (Å²) >= 11 is 1.70. The minimum Gasteiger partial charge on any atom is -0.352 e. The molecule has 0 saturated carbocycles. The zero-order chi connectivity index (χ0) is 19.0. The number of halogens is 1. The summed E-state index contributed by atoms with van der Waals surface area (Å²) in [6.45, 7) is 4.97. The quantitative estimate of drug-likeness (QED) is 0.283. The molecule has 0 aliphatic carbocycles. The van der Waals surface area contributed by atoms with Gasteiger partial charge in [-0.2, -0.15) is 0 Å². The van der Waals surface area contributed by atoms with Crippen LogP contribution in [0, 0.1) is 0 Å². The van der Waals surface area contributed by atoms with Gasteiger partial charge in [-0.05, 0) is 36.4 Å². The van der Waals surface area contributed by atoms with Crippen LogP contribution in [0.25, 0.3) is 0 Å². The molecule has 1 aromatic carbocycles. The fraction of sp³-hybridized carbons (Fsp3) is 0.389. The van der Waals surface area contributed by atoms with Crippen LogP contribution in [-0.4, -0.2) is 27.5 Å². The average Bonchev–Trinajstić information content (AvgIpc) is 3.08. The lowest BCUT2D eigenvalue weighted by atomic mass is 10.1. The molecule has 0 saturated heterocycles. The largest absolute Gasteiger partial charge is 0.352 e. The molecule has 0 spiro atoms. The normalized spacial score (nSPS) is 11.9. The second kappa shape index (κ2) is 11.6. The Morgan fingerprint density at radius 2 is 1.70 bits per heavy atom. The number of guanidine groups is 1. The van der Waals surface area contributed by atoms with E-state index in [2.05, 4.69) is 26.4 Å². The van der Waals surface area contributed by atoms with Crippen LogP contribution in [0.5, 0.6) is 0 Å². The Morgan fingerprint density at radius 3 is 2.26 bits per heavy atom. The number of nitrogens with zero attached hydrogens (tertiary/aromatic N) is 1. The molecule has 6 nitrogen and oxygen atoms in total. The number of sulfonamides is 1. The van der Waals surface area contributed by atoms with E-state index in [0.29, 0.717) is 6.54 Å². The van der Waals surface area contributed by atoms with Crippen molar-refractivity contribution in [2.45, 2.75) is 38.7 Å². The molecule has 9 heteroatoms. The molecular weight excluding hydrogens is 495 g/mol. The van der Waals surface area contributed by atoms with Crippen molar-refractivity contribution in [1.82, 2.24) is 15.4 Å². The number of nitrogens with one attached hydrogen (secondary N) is 3. The zero-order valence-corrected chi connectivity index (χ0v) is 19.7. The van der Waals surface area contributed by atoms with Crippen molar-refractivity contribution in [3.8, 4) is 0 Å². The van der Waals surface area contributed by atoms with Gasteiger partial charge in [0.15, 0.2) is 5.96 Å². The fourth-order valence-corrected chi connectivity index (χ4v) is 4.44. The summed E-state index contributed by atoms with van der Waals surface area (Å²) in [6.07, 6.45) is 0. The molecule has 2 rings (SSSR count). The summed E-state index contributed by atoms with van der Waals surface area (Å²) in [5.41, 5.74) is 1.82. The number of thiophene rings is 1. The molecule has 2 aromatic rings. The smallest absolute Gasteiger partial charge is 0.216 e. The summed E-state index contributed by atoms with van der Waals surface area (Å²) in [6, 6.07) is 11.6. The van der Waals surface area contributed by atoms with Crippen LogP contribution in [0.15, 0.2) is 46.8 Å². The van der Waals surface area contributed by atoms with E-state index in [1.807, 2.05) is 49.6 Å². The summed E-state index contributed by atoms with van der Waals surface area (Å²) in [4.78, 5) is 5.45. The molecule has 27 heavy (non-hydrogen) atoms. The standard InChI is InChI=1S/C18H26N4O2S2.HI/c1-14(2)22-26(23,24)13-16-8-6-15(7-9-16)11-20-18(19-3)21-12-17-5-4-10-25-17;/h4-10,14,22H,11-13H2,1-3H3,(H2,19,20,21);1H. The van der Waals surface area contributed by atoms with Crippen LogP contribution in [0.3, 0.4) is 0 Å². The molecule has 3 N–H and O–H groups in total. The van der Waals surface area contributed by atoms with Crippen LogP contribution in [0.2, 0.25) is 0 Å². The highest BCUT2D eigenvalue weighted by Crippen LogP contribution is 2.09. The molecule has 1 heterocycles. The van der Waals surface area contributed by atoms with Crippen molar-refractivity contribution in [1.29, 1.82) is 0 Å². The topological polar surface area (TPSA) is 82.6 Å². The van der Waals surface area contributed by atoms with Crippen LogP contribution >= 0.6 is 35.3 Å². The number of rotatable bonds is 8. The van der Waals surface area contributed by atoms with E-state index in [0.717, 1.165) is 23.6 Å². The Labute approximate surface area is 182 Å². The Morgan fingerprint density at radius 1 is 1.07 bits per heavy atom. The third-order valence-corrected chi connectivity index (χ3v) is 5.91. The first kappa shape index (κ1) is 23.9. The van der Waals surface area contributed by atoms with Crippen molar-refractivity contribution in [2.24, 2.45) is 4.99 Å². The lowest BCUT2D eigenvalue weighted by molar-refractivity contribution is 0.569. The van der Waals surface area contributed by atoms with E-state index in [1.165, 1.54) is 4.88 Å². The highest BCUT2D eigenvalue weighted by molar-refractivity contribution is 14.0. The van der Waals surface area contributed by atoms with Crippen molar-refractivity contribution in [3.05, 3.63) is 57.8 Å². The Hall–Kier alpha value is -1.17. The summed E-state index contributed by atoms with van der Waals surface area (Å²) in [5, 5.41) is 8.57. The van der Waals surface area contributed by atoms with Gasteiger partial charge in [0.2, 0.25) is 10.0 Å². The summed E-state index contributed by atoms with van der Waals surface area (Å²) in [5.74, 6) is 0.717. The van der Waals surface area contributed by atoms with Gasteiger partial charge in [0.1, 0.15) is 0 Å². The highest BCUT2D eigenvalue weighted by atomic mass is 127. The second-order valence-electron chi connectivity index (χ2n) is 6.21. The molecule has 1 aromatic heterocycles. The van der Waals surface area contributed by atoms with Gasteiger partial charge < -0.3 is 10.6 Å². The minimum atomic E-state index is -3.30. The molecule has 0 unspecified atom stereocenters. The van der Waals surface area contributed by atoms with E-state index in [1.54, 1.807) is 18.4 Å². The van der Waals surface area contributed by atoms with Crippen LogP contribution in [0.1, 0.15) is 29.9 Å².